The van der Waals surface area contributed by atoms with Gasteiger partial charge in [-0.15, -0.1) is 0 Å². The number of fused-ring (bicyclic) bond motifs is 1. The predicted octanol–water partition coefficient (Wildman–Crippen LogP) is 2.56. The van der Waals surface area contributed by atoms with Gasteiger partial charge < -0.3 is 10.1 Å². The van der Waals surface area contributed by atoms with E-state index in [0.29, 0.717) is 0 Å². The number of rotatable bonds is 5. The van der Waals surface area contributed by atoms with Gasteiger partial charge in [-0.3, -0.25) is 4.68 Å². The molecule has 20 heavy (non-hydrogen) atoms. The van der Waals surface area contributed by atoms with Crippen LogP contribution in [-0.2, 0) is 13.0 Å². The first-order valence-electron chi connectivity index (χ1n) is 7.33. The molecule has 4 nitrogen and oxygen atoms in total. The van der Waals surface area contributed by atoms with Crippen LogP contribution in [0.25, 0.3) is 0 Å². The maximum atomic E-state index is 6.14. The van der Waals surface area contributed by atoms with Gasteiger partial charge in [0.15, 0.2) is 0 Å². The summed E-state index contributed by atoms with van der Waals surface area (Å²) in [5.41, 5.74) is 2.50. The van der Waals surface area contributed by atoms with Gasteiger partial charge in [-0.05, 0) is 31.2 Å². The Morgan fingerprint density at radius 2 is 2.20 bits per heavy atom. The van der Waals surface area contributed by atoms with Crippen LogP contribution in [-0.4, -0.2) is 22.4 Å². The SMILES string of the molecule is CCNC(c1ccnn1CC)C1Cc2ccccc2O1. The first-order chi connectivity index (χ1) is 9.83. The van der Waals surface area contributed by atoms with Crippen molar-refractivity contribution in [2.45, 2.75) is 39.0 Å². The molecule has 0 aliphatic carbocycles. The van der Waals surface area contributed by atoms with Crippen LogP contribution < -0.4 is 10.1 Å². The Bertz CT molecular complexity index is 554. The summed E-state index contributed by atoms with van der Waals surface area (Å²) in [4.78, 5) is 0. The molecule has 1 aromatic carbocycles. The highest BCUT2D eigenvalue weighted by atomic mass is 16.5. The smallest absolute Gasteiger partial charge is 0.124 e. The zero-order chi connectivity index (χ0) is 13.9. The highest BCUT2D eigenvalue weighted by Crippen LogP contribution is 2.33. The van der Waals surface area contributed by atoms with Crippen molar-refractivity contribution < 1.29 is 4.74 Å². The van der Waals surface area contributed by atoms with Crippen molar-refractivity contribution in [3.63, 3.8) is 0 Å². The lowest BCUT2D eigenvalue weighted by Crippen LogP contribution is -2.36. The average molecular weight is 271 g/mol. The van der Waals surface area contributed by atoms with Crippen molar-refractivity contribution in [3.8, 4) is 5.75 Å². The van der Waals surface area contributed by atoms with Gasteiger partial charge in [-0.25, -0.2) is 0 Å². The summed E-state index contributed by atoms with van der Waals surface area (Å²) in [6.45, 7) is 6.03. The van der Waals surface area contributed by atoms with E-state index in [-0.39, 0.29) is 12.1 Å². The van der Waals surface area contributed by atoms with E-state index in [4.69, 9.17) is 4.74 Å². The van der Waals surface area contributed by atoms with Gasteiger partial charge in [0.05, 0.1) is 11.7 Å². The Labute approximate surface area is 119 Å². The van der Waals surface area contributed by atoms with Crippen LogP contribution in [0, 0.1) is 0 Å². The van der Waals surface area contributed by atoms with E-state index >= 15 is 0 Å². The second-order valence-corrected chi connectivity index (χ2v) is 5.08. The first kappa shape index (κ1) is 13.2. The molecule has 0 fully saturated rings. The molecule has 0 saturated heterocycles. The fraction of sp³-hybridized carbons (Fsp3) is 0.438. The van der Waals surface area contributed by atoms with E-state index in [2.05, 4.69) is 48.5 Å². The second kappa shape index (κ2) is 5.67. The minimum Gasteiger partial charge on any atom is -0.488 e. The van der Waals surface area contributed by atoms with E-state index in [1.165, 1.54) is 11.3 Å². The third kappa shape index (κ3) is 2.31. The lowest BCUT2D eigenvalue weighted by atomic mass is 10.0. The van der Waals surface area contributed by atoms with Crippen LogP contribution in [0.5, 0.6) is 5.75 Å². The Morgan fingerprint density at radius 1 is 1.35 bits per heavy atom. The van der Waals surface area contributed by atoms with Crippen LogP contribution in [0.15, 0.2) is 36.5 Å². The Balaban J connectivity index is 1.86. The molecule has 2 aromatic rings. The molecule has 4 heteroatoms. The number of ether oxygens (including phenoxy) is 1. The van der Waals surface area contributed by atoms with Crippen LogP contribution >= 0.6 is 0 Å². The van der Waals surface area contributed by atoms with Gasteiger partial charge in [0.2, 0.25) is 0 Å². The van der Waals surface area contributed by atoms with E-state index < -0.39 is 0 Å². The highest BCUT2D eigenvalue weighted by molar-refractivity contribution is 5.38. The molecular formula is C16H21N3O. The topological polar surface area (TPSA) is 39.1 Å². The molecule has 1 aliphatic heterocycles. The third-order valence-electron chi connectivity index (χ3n) is 3.84. The van der Waals surface area contributed by atoms with E-state index in [9.17, 15) is 0 Å². The molecule has 2 heterocycles. The zero-order valence-corrected chi connectivity index (χ0v) is 12.0. The second-order valence-electron chi connectivity index (χ2n) is 5.08. The van der Waals surface area contributed by atoms with Crippen LogP contribution in [0.1, 0.15) is 31.1 Å². The van der Waals surface area contributed by atoms with Crippen molar-refractivity contribution in [2.75, 3.05) is 6.54 Å². The first-order valence-corrected chi connectivity index (χ1v) is 7.33. The fourth-order valence-corrected chi connectivity index (χ4v) is 2.91. The molecular weight excluding hydrogens is 250 g/mol. The monoisotopic (exact) mass is 271 g/mol. The number of aryl methyl sites for hydroxylation is 1. The molecule has 1 aliphatic rings. The van der Waals surface area contributed by atoms with Crippen LogP contribution in [0.4, 0.5) is 0 Å². The number of para-hydroxylation sites is 1. The van der Waals surface area contributed by atoms with Crippen molar-refractivity contribution in [1.82, 2.24) is 15.1 Å². The summed E-state index contributed by atoms with van der Waals surface area (Å²) in [5.74, 6) is 1.02. The molecule has 0 bridgehead atoms. The predicted molar refractivity (Wildman–Crippen MR) is 78.9 cm³/mol. The van der Waals surface area contributed by atoms with E-state index in [0.717, 1.165) is 25.3 Å². The van der Waals surface area contributed by atoms with E-state index in [1.54, 1.807) is 0 Å². The number of nitrogens with zero attached hydrogens (tertiary/aromatic N) is 2. The fourth-order valence-electron chi connectivity index (χ4n) is 2.91. The largest absolute Gasteiger partial charge is 0.488 e. The molecule has 106 valence electrons. The molecule has 0 radical (unpaired) electrons. The van der Waals surface area contributed by atoms with Crippen molar-refractivity contribution in [1.29, 1.82) is 0 Å². The molecule has 0 spiro atoms. The Kier molecular flexibility index (Phi) is 3.74. The van der Waals surface area contributed by atoms with Gasteiger partial charge in [0, 0.05) is 19.2 Å². The summed E-state index contributed by atoms with van der Waals surface area (Å²) < 4.78 is 8.18. The average Bonchev–Trinajstić information content (AvgIpc) is 3.10. The lowest BCUT2D eigenvalue weighted by Gasteiger charge is -2.24. The van der Waals surface area contributed by atoms with Gasteiger partial charge in [0.25, 0.3) is 0 Å². The Morgan fingerprint density at radius 3 is 2.95 bits per heavy atom. The summed E-state index contributed by atoms with van der Waals surface area (Å²) in [6.07, 6.45) is 2.95. The summed E-state index contributed by atoms with van der Waals surface area (Å²) in [6, 6.07) is 10.6. The zero-order valence-electron chi connectivity index (χ0n) is 12.0. The minimum atomic E-state index is 0.134. The summed E-state index contributed by atoms with van der Waals surface area (Å²) in [7, 11) is 0. The number of benzene rings is 1. The molecule has 2 unspecified atom stereocenters. The van der Waals surface area contributed by atoms with Crippen molar-refractivity contribution >= 4 is 0 Å². The summed E-state index contributed by atoms with van der Waals surface area (Å²) >= 11 is 0. The molecule has 2 atom stereocenters. The molecule has 1 aromatic heterocycles. The van der Waals surface area contributed by atoms with Crippen LogP contribution in [0.2, 0.25) is 0 Å². The lowest BCUT2D eigenvalue weighted by molar-refractivity contribution is 0.174. The maximum Gasteiger partial charge on any atom is 0.124 e. The number of aromatic nitrogens is 2. The third-order valence-corrected chi connectivity index (χ3v) is 3.84. The number of nitrogens with one attached hydrogen (secondary N) is 1. The minimum absolute atomic E-state index is 0.134. The van der Waals surface area contributed by atoms with Gasteiger partial charge in [-0.1, -0.05) is 25.1 Å². The van der Waals surface area contributed by atoms with Gasteiger partial charge >= 0.3 is 0 Å². The summed E-state index contributed by atoms with van der Waals surface area (Å²) in [5, 5.41) is 7.93. The van der Waals surface area contributed by atoms with Crippen molar-refractivity contribution in [2.24, 2.45) is 0 Å². The van der Waals surface area contributed by atoms with Crippen molar-refractivity contribution in [3.05, 3.63) is 47.8 Å². The molecule has 3 rings (SSSR count). The van der Waals surface area contributed by atoms with Gasteiger partial charge in [-0.2, -0.15) is 5.10 Å². The Hall–Kier alpha value is -1.81. The number of likely N-dealkylation sites (N-methyl/N-ethyl adjacent to an activating group) is 1. The quantitative estimate of drug-likeness (QED) is 0.908. The number of hydrogen-bond donors (Lipinski definition) is 1. The maximum absolute atomic E-state index is 6.14. The molecule has 0 amide bonds. The van der Waals surface area contributed by atoms with E-state index in [1.807, 2.05) is 16.9 Å². The normalized spacial score (nSPS) is 18.6. The van der Waals surface area contributed by atoms with Crippen LogP contribution in [0.3, 0.4) is 0 Å². The number of hydrogen-bond acceptors (Lipinski definition) is 3. The van der Waals surface area contributed by atoms with Gasteiger partial charge in [0.1, 0.15) is 11.9 Å². The molecule has 0 saturated carbocycles. The standard InChI is InChI=1S/C16H21N3O/c1-3-17-16(13-9-10-18-19(13)4-2)15-11-12-7-5-6-8-14(12)20-15/h5-10,15-17H,3-4,11H2,1-2H3. The highest BCUT2D eigenvalue weighted by Gasteiger charge is 2.32. The molecule has 1 N–H and O–H groups in total.